The van der Waals surface area contributed by atoms with Crippen molar-refractivity contribution in [2.75, 3.05) is 5.43 Å². The summed E-state index contributed by atoms with van der Waals surface area (Å²) in [6.45, 7) is 0. The summed E-state index contributed by atoms with van der Waals surface area (Å²) in [7, 11) is 0. The Labute approximate surface area is 131 Å². The van der Waals surface area contributed by atoms with Gasteiger partial charge in [0.2, 0.25) is 0 Å². The Morgan fingerprint density at radius 1 is 1.21 bits per heavy atom. The average Bonchev–Trinajstić information content (AvgIpc) is 2.27. The van der Waals surface area contributed by atoms with Crippen LogP contribution in [0.2, 0.25) is 0 Å². The molecular weight excluding hydrogens is 456 g/mol. The third-order valence-corrected chi connectivity index (χ3v) is 2.40. The Morgan fingerprint density at radius 3 is 2.32 bits per heavy atom. The van der Waals surface area contributed by atoms with Crippen molar-refractivity contribution in [3.05, 3.63) is 38.4 Å². The van der Waals surface area contributed by atoms with Crippen LogP contribution in [0, 0.1) is 20.2 Å². The smallest absolute Gasteiger partial charge is 0.272 e. The standard InChI is InChI=1S/C8H5Br3N4O4/c9-8(10,11)4-12-13-6-2-1-5(14(16)17)3-7(6)15(18)19/h1-4,13H. The summed E-state index contributed by atoms with van der Waals surface area (Å²) in [5, 5.41) is 25.1. The quantitative estimate of drug-likeness (QED) is 0.318. The number of nitro benzene ring substituents is 2. The van der Waals surface area contributed by atoms with E-state index in [1.165, 1.54) is 12.3 Å². The van der Waals surface area contributed by atoms with E-state index in [4.69, 9.17) is 0 Å². The zero-order chi connectivity index (χ0) is 14.6. The fourth-order valence-electron chi connectivity index (χ4n) is 1.05. The van der Waals surface area contributed by atoms with Crippen LogP contribution in [-0.4, -0.2) is 18.2 Å². The van der Waals surface area contributed by atoms with Crippen molar-refractivity contribution in [1.82, 2.24) is 0 Å². The maximum Gasteiger partial charge on any atom is 0.301 e. The van der Waals surface area contributed by atoms with Gasteiger partial charge in [-0.15, -0.1) is 0 Å². The van der Waals surface area contributed by atoms with E-state index in [0.717, 1.165) is 12.1 Å². The molecule has 0 aliphatic heterocycles. The lowest BCUT2D eigenvalue weighted by molar-refractivity contribution is -0.393. The Morgan fingerprint density at radius 2 is 1.84 bits per heavy atom. The summed E-state index contributed by atoms with van der Waals surface area (Å²) in [5.74, 6) is 0. The summed E-state index contributed by atoms with van der Waals surface area (Å²) in [6.07, 6.45) is 1.35. The van der Waals surface area contributed by atoms with Gasteiger partial charge in [0.05, 0.1) is 22.1 Å². The van der Waals surface area contributed by atoms with Crippen molar-refractivity contribution in [2.24, 2.45) is 5.10 Å². The number of hydrazone groups is 1. The molecule has 0 fully saturated rings. The number of nitrogens with one attached hydrogen (secondary N) is 1. The van der Waals surface area contributed by atoms with Gasteiger partial charge in [-0.2, -0.15) is 5.10 Å². The Balaban J connectivity index is 3.04. The van der Waals surface area contributed by atoms with Gasteiger partial charge in [0.25, 0.3) is 5.69 Å². The first-order valence-electron chi connectivity index (χ1n) is 4.50. The predicted octanol–water partition coefficient (Wildman–Crippen LogP) is 3.74. The van der Waals surface area contributed by atoms with Crippen LogP contribution >= 0.6 is 47.8 Å². The first-order chi connectivity index (χ1) is 8.70. The molecule has 11 heteroatoms. The minimum Gasteiger partial charge on any atom is -0.272 e. The SMILES string of the molecule is O=[N+]([O-])c1ccc(NN=CC(Br)(Br)Br)c([N+](=O)[O-])c1. The van der Waals surface area contributed by atoms with Gasteiger partial charge in [0.15, 0.2) is 2.14 Å². The van der Waals surface area contributed by atoms with Gasteiger partial charge in [0.1, 0.15) is 5.69 Å². The lowest BCUT2D eigenvalue weighted by atomic mass is 10.2. The Kier molecular flexibility index (Phi) is 5.38. The van der Waals surface area contributed by atoms with E-state index in [9.17, 15) is 20.2 Å². The van der Waals surface area contributed by atoms with Gasteiger partial charge < -0.3 is 0 Å². The average molecular weight is 461 g/mol. The summed E-state index contributed by atoms with van der Waals surface area (Å²) in [5.41, 5.74) is 1.68. The van der Waals surface area contributed by atoms with Crippen LogP contribution in [0.25, 0.3) is 0 Å². The van der Waals surface area contributed by atoms with E-state index in [1.54, 1.807) is 0 Å². The number of halogens is 3. The zero-order valence-corrected chi connectivity index (χ0v) is 13.7. The van der Waals surface area contributed by atoms with Gasteiger partial charge in [-0.05, 0) is 6.07 Å². The third kappa shape index (κ3) is 5.20. The lowest BCUT2D eigenvalue weighted by Gasteiger charge is -2.05. The number of nitrogens with zero attached hydrogens (tertiary/aromatic N) is 3. The Hall–Kier alpha value is -1.07. The van der Waals surface area contributed by atoms with Crippen LogP contribution < -0.4 is 5.43 Å². The van der Waals surface area contributed by atoms with Crippen molar-refractivity contribution in [1.29, 1.82) is 0 Å². The molecule has 19 heavy (non-hydrogen) atoms. The molecule has 1 aromatic rings. The molecule has 0 spiro atoms. The largest absolute Gasteiger partial charge is 0.301 e. The molecule has 1 N–H and O–H groups in total. The molecule has 0 saturated carbocycles. The second-order valence-electron chi connectivity index (χ2n) is 3.13. The second kappa shape index (κ2) is 6.39. The summed E-state index contributed by atoms with van der Waals surface area (Å²) in [4.78, 5) is 19.9. The normalized spacial score (nSPS) is 11.5. The maximum atomic E-state index is 10.8. The highest BCUT2D eigenvalue weighted by molar-refractivity contribution is 9.40. The fourth-order valence-corrected chi connectivity index (χ4v) is 1.36. The summed E-state index contributed by atoms with van der Waals surface area (Å²) >= 11 is 9.45. The minimum absolute atomic E-state index is 0.0450. The number of benzene rings is 1. The first-order valence-corrected chi connectivity index (χ1v) is 6.88. The number of hydrogen-bond acceptors (Lipinski definition) is 6. The lowest BCUT2D eigenvalue weighted by Crippen LogP contribution is -2.04. The van der Waals surface area contributed by atoms with Crippen LogP contribution in [0.3, 0.4) is 0 Å². The van der Waals surface area contributed by atoms with E-state index in [2.05, 4.69) is 58.3 Å². The van der Waals surface area contributed by atoms with Crippen LogP contribution in [0.4, 0.5) is 17.1 Å². The molecule has 0 heterocycles. The highest BCUT2D eigenvalue weighted by Gasteiger charge is 2.19. The zero-order valence-electron chi connectivity index (χ0n) is 8.92. The van der Waals surface area contributed by atoms with Crippen molar-refractivity contribution < 1.29 is 9.85 Å². The van der Waals surface area contributed by atoms with Crippen molar-refractivity contribution in [3.63, 3.8) is 0 Å². The molecular formula is C8H5Br3N4O4. The van der Waals surface area contributed by atoms with E-state index in [-0.39, 0.29) is 11.4 Å². The molecule has 0 radical (unpaired) electrons. The summed E-state index contributed by atoms with van der Waals surface area (Å²) < 4.78 is -0.741. The van der Waals surface area contributed by atoms with Gasteiger partial charge in [-0.1, -0.05) is 47.8 Å². The maximum absolute atomic E-state index is 10.8. The number of rotatable bonds is 4. The van der Waals surface area contributed by atoms with Crippen LogP contribution in [0.15, 0.2) is 23.3 Å². The molecule has 102 valence electrons. The summed E-state index contributed by atoms with van der Waals surface area (Å²) in [6, 6.07) is 3.22. The second-order valence-corrected chi connectivity index (χ2v) is 10.1. The number of nitro groups is 2. The van der Waals surface area contributed by atoms with E-state index >= 15 is 0 Å². The molecule has 0 aliphatic carbocycles. The van der Waals surface area contributed by atoms with Crippen molar-refractivity contribution in [2.45, 2.75) is 2.14 Å². The van der Waals surface area contributed by atoms with Gasteiger partial charge >= 0.3 is 5.69 Å². The highest BCUT2D eigenvalue weighted by Crippen LogP contribution is 2.32. The van der Waals surface area contributed by atoms with E-state index < -0.39 is 17.7 Å². The number of alkyl halides is 3. The van der Waals surface area contributed by atoms with Crippen LogP contribution in [-0.2, 0) is 0 Å². The van der Waals surface area contributed by atoms with E-state index in [1.807, 2.05) is 0 Å². The van der Waals surface area contributed by atoms with Gasteiger partial charge in [-0.3, -0.25) is 25.7 Å². The highest BCUT2D eigenvalue weighted by atomic mass is 80.0. The predicted molar refractivity (Wildman–Crippen MR) is 81.4 cm³/mol. The van der Waals surface area contributed by atoms with Crippen molar-refractivity contribution in [3.8, 4) is 0 Å². The number of hydrogen-bond donors (Lipinski definition) is 1. The molecule has 1 aromatic carbocycles. The van der Waals surface area contributed by atoms with Crippen LogP contribution in [0.1, 0.15) is 0 Å². The molecule has 0 atom stereocenters. The molecule has 0 aliphatic rings. The Bertz CT molecular complexity index is 543. The van der Waals surface area contributed by atoms with Gasteiger partial charge in [-0.25, -0.2) is 0 Å². The fraction of sp³-hybridized carbons (Fsp3) is 0.125. The number of non-ortho nitro benzene ring substituents is 1. The molecule has 0 amide bonds. The van der Waals surface area contributed by atoms with Gasteiger partial charge in [0, 0.05) is 6.07 Å². The molecule has 0 unspecified atom stereocenters. The van der Waals surface area contributed by atoms with E-state index in [0.29, 0.717) is 0 Å². The van der Waals surface area contributed by atoms with Crippen molar-refractivity contribution >= 4 is 71.1 Å². The van der Waals surface area contributed by atoms with Crippen LogP contribution in [0.5, 0.6) is 0 Å². The molecule has 0 bridgehead atoms. The first kappa shape index (κ1) is 16.0. The molecule has 1 rings (SSSR count). The molecule has 8 nitrogen and oxygen atoms in total. The topological polar surface area (TPSA) is 111 Å². The minimum atomic E-state index is -0.741. The molecule has 0 saturated heterocycles. The number of anilines is 1. The monoisotopic (exact) mass is 458 g/mol. The third-order valence-electron chi connectivity index (χ3n) is 1.78. The molecule has 0 aromatic heterocycles.